The summed E-state index contributed by atoms with van der Waals surface area (Å²) >= 11 is 0. The van der Waals surface area contributed by atoms with Gasteiger partial charge in [0.2, 0.25) is 0 Å². The fourth-order valence-electron chi connectivity index (χ4n) is 7.13. The molecule has 3 heteroatoms. The Morgan fingerprint density at radius 1 is 1.07 bits per heavy atom. The van der Waals surface area contributed by atoms with Gasteiger partial charge in [-0.15, -0.1) is 0 Å². The summed E-state index contributed by atoms with van der Waals surface area (Å²) in [5.41, 5.74) is 2.91. The molecule has 0 radical (unpaired) electrons. The number of aliphatic hydroxyl groups is 1. The molecule has 1 saturated heterocycles. The minimum absolute atomic E-state index is 0.283. The molecule has 0 bridgehead atoms. The molecule has 30 heavy (non-hydrogen) atoms. The van der Waals surface area contributed by atoms with Crippen molar-refractivity contribution in [2.24, 2.45) is 23.2 Å². The van der Waals surface area contributed by atoms with Crippen LogP contribution in [0.3, 0.4) is 0 Å². The molecule has 4 rings (SSSR count). The summed E-state index contributed by atoms with van der Waals surface area (Å²) < 4.78 is 0. The average Bonchev–Trinajstić information content (AvgIpc) is 3.04. The Morgan fingerprint density at radius 2 is 1.87 bits per heavy atom. The van der Waals surface area contributed by atoms with E-state index < -0.39 is 5.60 Å². The lowest BCUT2D eigenvalue weighted by Crippen LogP contribution is -2.67. The summed E-state index contributed by atoms with van der Waals surface area (Å²) in [6.07, 6.45) is 17.2. The highest BCUT2D eigenvalue weighted by Crippen LogP contribution is 2.58. The van der Waals surface area contributed by atoms with Crippen LogP contribution in [-0.4, -0.2) is 22.4 Å². The van der Waals surface area contributed by atoms with Crippen molar-refractivity contribution in [3.63, 3.8) is 0 Å². The third kappa shape index (κ3) is 3.84. The van der Waals surface area contributed by atoms with E-state index in [-0.39, 0.29) is 11.7 Å². The molecule has 0 spiro atoms. The van der Waals surface area contributed by atoms with Crippen LogP contribution in [0.25, 0.3) is 0 Å². The van der Waals surface area contributed by atoms with Crippen molar-refractivity contribution in [3.8, 4) is 0 Å². The van der Waals surface area contributed by atoms with Crippen LogP contribution >= 0.6 is 0 Å². The third-order valence-corrected chi connectivity index (χ3v) is 9.19. The Kier molecular flexibility index (Phi) is 6.29. The Balaban J connectivity index is 1.51. The Morgan fingerprint density at radius 3 is 2.57 bits per heavy atom. The molecule has 3 fully saturated rings. The summed E-state index contributed by atoms with van der Waals surface area (Å²) in [5.74, 6) is 2.46. The average molecular weight is 417 g/mol. The zero-order valence-electron chi connectivity index (χ0n) is 20.0. The predicted molar refractivity (Wildman–Crippen MR) is 122 cm³/mol. The van der Waals surface area contributed by atoms with Gasteiger partial charge < -0.3 is 5.11 Å². The largest absolute Gasteiger partial charge is 0.393 e. The van der Waals surface area contributed by atoms with Gasteiger partial charge in [0.25, 0.3) is 0 Å². The lowest BCUT2D eigenvalue weighted by molar-refractivity contribution is -0.545. The zero-order valence-corrected chi connectivity index (χ0v) is 20.0. The number of allylic oxidation sites excluding steroid dienone is 3. The van der Waals surface area contributed by atoms with Gasteiger partial charge in [-0.25, -0.2) is 9.78 Å². The third-order valence-electron chi connectivity index (χ3n) is 9.19. The molecule has 1 N–H and O–H groups in total. The minimum atomic E-state index is -0.450. The van der Waals surface area contributed by atoms with Crippen LogP contribution in [-0.2, 0) is 9.78 Å². The first-order valence-corrected chi connectivity index (χ1v) is 12.7. The van der Waals surface area contributed by atoms with Crippen LogP contribution in [0.2, 0.25) is 0 Å². The molecule has 1 aliphatic heterocycles. The Labute approximate surface area is 184 Å². The van der Waals surface area contributed by atoms with E-state index in [0.717, 1.165) is 30.6 Å². The van der Waals surface area contributed by atoms with Crippen molar-refractivity contribution in [1.82, 2.24) is 0 Å². The molecule has 2 saturated carbocycles. The number of aliphatic hydroxyl groups excluding tert-OH is 1. The fraction of sp³-hybridized carbons (Fsp3) is 0.852. The highest BCUT2D eigenvalue weighted by Gasteiger charge is 2.62. The van der Waals surface area contributed by atoms with Gasteiger partial charge >= 0.3 is 0 Å². The maximum atomic E-state index is 10.3. The predicted octanol–water partition coefficient (Wildman–Crippen LogP) is 6.91. The number of hydrogen-bond acceptors (Lipinski definition) is 3. The second-order valence-corrected chi connectivity index (χ2v) is 11.7. The van der Waals surface area contributed by atoms with E-state index in [1.54, 1.807) is 11.1 Å². The van der Waals surface area contributed by atoms with Crippen molar-refractivity contribution in [3.05, 3.63) is 23.3 Å². The van der Waals surface area contributed by atoms with Crippen LogP contribution in [0.1, 0.15) is 105 Å². The minimum Gasteiger partial charge on any atom is -0.393 e. The summed E-state index contributed by atoms with van der Waals surface area (Å²) in [4.78, 5) is 11.2. The molecule has 4 aliphatic rings. The van der Waals surface area contributed by atoms with Crippen LogP contribution in [0, 0.1) is 23.2 Å². The van der Waals surface area contributed by atoms with Gasteiger partial charge in [-0.2, -0.15) is 0 Å². The fourth-order valence-corrected chi connectivity index (χ4v) is 7.13. The maximum absolute atomic E-state index is 10.3. The van der Waals surface area contributed by atoms with Gasteiger partial charge in [0.1, 0.15) is 5.60 Å². The normalized spacial score (nSPS) is 42.4. The van der Waals surface area contributed by atoms with Crippen molar-refractivity contribution >= 4 is 0 Å². The Hall–Kier alpha value is -0.640. The molecule has 0 aromatic rings. The topological polar surface area (TPSA) is 38.7 Å². The van der Waals surface area contributed by atoms with Crippen molar-refractivity contribution in [2.75, 3.05) is 0 Å². The molecule has 1 unspecified atom stereocenters. The van der Waals surface area contributed by atoms with E-state index >= 15 is 0 Å². The first-order valence-electron chi connectivity index (χ1n) is 12.7. The van der Waals surface area contributed by atoms with Gasteiger partial charge in [0.15, 0.2) is 5.60 Å². The maximum Gasteiger partial charge on any atom is 0.156 e. The molecule has 0 aromatic heterocycles. The SMILES string of the molecule is CC(C)CCC[C@@H](C)[C@H]1CCC2=C(/C=C/C34C[C@@H](O)CC[C@]3(C)OO4)CCC[C@@]21C. The van der Waals surface area contributed by atoms with Crippen molar-refractivity contribution in [1.29, 1.82) is 0 Å². The molecule has 170 valence electrons. The van der Waals surface area contributed by atoms with Gasteiger partial charge in [-0.1, -0.05) is 58.6 Å². The summed E-state index contributed by atoms with van der Waals surface area (Å²) in [7, 11) is 0. The monoisotopic (exact) mass is 416 g/mol. The van der Waals surface area contributed by atoms with E-state index in [1.807, 2.05) is 0 Å². The standard InChI is InChI=1S/C27H44O3/c1-19(2)8-6-9-20(3)23-11-12-24-21(10-7-15-25(23,24)4)13-17-27-18-22(28)14-16-26(27,5)29-30-27/h13,17,19-20,22-23,28H,6-12,14-16,18H2,1-5H3/b17-13+/t20-,22+,23-,25-,26+,27?/m1/s1. The summed E-state index contributed by atoms with van der Waals surface area (Å²) in [5, 5.41) is 10.3. The molecule has 6 atom stereocenters. The Bertz CT molecular complexity index is 694. The highest BCUT2D eigenvalue weighted by atomic mass is 17.3. The van der Waals surface area contributed by atoms with Crippen molar-refractivity contribution < 1.29 is 14.9 Å². The van der Waals surface area contributed by atoms with Crippen molar-refractivity contribution in [2.45, 2.75) is 123 Å². The molecule has 3 nitrogen and oxygen atoms in total. The second kappa shape index (κ2) is 8.37. The number of hydrogen-bond donors (Lipinski definition) is 1. The van der Waals surface area contributed by atoms with E-state index in [1.165, 1.54) is 51.4 Å². The zero-order chi connectivity index (χ0) is 21.6. The van der Waals surface area contributed by atoms with E-state index in [0.29, 0.717) is 11.8 Å². The molecule has 0 amide bonds. The highest BCUT2D eigenvalue weighted by molar-refractivity contribution is 5.38. The molecule has 3 aliphatic carbocycles. The van der Waals surface area contributed by atoms with E-state index in [4.69, 9.17) is 9.78 Å². The summed E-state index contributed by atoms with van der Waals surface area (Å²) in [6.45, 7) is 11.9. The van der Waals surface area contributed by atoms with Crippen LogP contribution in [0.15, 0.2) is 23.3 Å². The van der Waals surface area contributed by atoms with Gasteiger partial charge in [-0.05, 0) is 86.7 Å². The van der Waals surface area contributed by atoms with E-state index in [2.05, 4.69) is 46.8 Å². The lowest BCUT2D eigenvalue weighted by Gasteiger charge is -2.57. The molecular weight excluding hydrogens is 372 g/mol. The van der Waals surface area contributed by atoms with Crippen LogP contribution in [0.5, 0.6) is 0 Å². The van der Waals surface area contributed by atoms with Crippen LogP contribution < -0.4 is 0 Å². The quantitative estimate of drug-likeness (QED) is 0.458. The first kappa shape index (κ1) is 22.6. The number of fused-ring (bicyclic) bond motifs is 2. The summed E-state index contributed by atoms with van der Waals surface area (Å²) in [6, 6.07) is 0. The second-order valence-electron chi connectivity index (χ2n) is 11.7. The molecule has 0 aromatic carbocycles. The molecule has 1 heterocycles. The first-order chi connectivity index (χ1) is 14.2. The van der Waals surface area contributed by atoms with Gasteiger partial charge in [-0.3, -0.25) is 0 Å². The van der Waals surface area contributed by atoms with Gasteiger partial charge in [0.05, 0.1) is 6.10 Å². The van der Waals surface area contributed by atoms with Crippen LogP contribution in [0.4, 0.5) is 0 Å². The smallest absolute Gasteiger partial charge is 0.156 e. The van der Waals surface area contributed by atoms with Gasteiger partial charge in [0, 0.05) is 6.42 Å². The molecular formula is C27H44O3. The van der Waals surface area contributed by atoms with E-state index in [9.17, 15) is 5.11 Å². The lowest BCUT2D eigenvalue weighted by atomic mass is 9.64. The number of rotatable bonds is 7.